The Balaban J connectivity index is 1.75. The van der Waals surface area contributed by atoms with Crippen molar-refractivity contribution in [2.45, 2.75) is 19.3 Å². The molecule has 2 aromatic heterocycles. The molecular weight excluding hydrogens is 388 g/mol. The molecule has 20 heavy (non-hydrogen) atoms. The van der Waals surface area contributed by atoms with Crippen LogP contribution in [0.25, 0.3) is 11.5 Å². The Kier molecular flexibility index (Phi) is 4.48. The lowest BCUT2D eigenvalue weighted by atomic mass is 9.96. The van der Waals surface area contributed by atoms with Gasteiger partial charge in [-0.2, -0.15) is 4.98 Å². The van der Waals surface area contributed by atoms with Crippen LogP contribution in [0.5, 0.6) is 0 Å². The van der Waals surface area contributed by atoms with Crippen molar-refractivity contribution >= 4 is 31.9 Å². The van der Waals surface area contributed by atoms with Crippen molar-refractivity contribution in [3.8, 4) is 11.5 Å². The summed E-state index contributed by atoms with van der Waals surface area (Å²) in [5.74, 6) is 1.80. The van der Waals surface area contributed by atoms with Gasteiger partial charge in [0.1, 0.15) is 5.69 Å². The van der Waals surface area contributed by atoms with Crippen LogP contribution in [0.4, 0.5) is 0 Å². The van der Waals surface area contributed by atoms with Gasteiger partial charge in [0, 0.05) is 21.6 Å². The van der Waals surface area contributed by atoms with Crippen LogP contribution in [0.15, 0.2) is 25.7 Å². The summed E-state index contributed by atoms with van der Waals surface area (Å²) in [6, 6.07) is 1.92. The number of aromatic nitrogens is 3. The summed E-state index contributed by atoms with van der Waals surface area (Å²) in [6.07, 6.45) is 4.98. The summed E-state index contributed by atoms with van der Waals surface area (Å²) < 4.78 is 7.10. The number of hydrogen-bond donors (Lipinski definition) is 1. The molecule has 1 aliphatic heterocycles. The lowest BCUT2D eigenvalue weighted by molar-refractivity contribution is 0.316. The van der Waals surface area contributed by atoms with Gasteiger partial charge in [-0.3, -0.25) is 4.98 Å². The van der Waals surface area contributed by atoms with Crippen LogP contribution in [0.1, 0.15) is 18.7 Å². The number of hydrogen-bond acceptors (Lipinski definition) is 5. The highest BCUT2D eigenvalue weighted by Crippen LogP contribution is 2.27. The zero-order valence-electron chi connectivity index (χ0n) is 10.8. The van der Waals surface area contributed by atoms with Gasteiger partial charge in [0.05, 0.1) is 0 Å². The normalized spacial score (nSPS) is 19.2. The highest BCUT2D eigenvalue weighted by molar-refractivity contribution is 9.11. The molecule has 5 nitrogen and oxygen atoms in total. The SMILES string of the molecule is Brc1cnc(-c2noc(CC3CCCNC3)n2)c(Br)c1. The minimum Gasteiger partial charge on any atom is -0.339 e. The van der Waals surface area contributed by atoms with Gasteiger partial charge in [0.15, 0.2) is 0 Å². The molecule has 0 aromatic carbocycles. The Morgan fingerprint density at radius 2 is 2.30 bits per heavy atom. The molecule has 0 bridgehead atoms. The van der Waals surface area contributed by atoms with Gasteiger partial charge in [-0.1, -0.05) is 5.16 Å². The third-order valence-corrected chi connectivity index (χ3v) is 4.39. The topological polar surface area (TPSA) is 63.8 Å². The molecule has 7 heteroatoms. The van der Waals surface area contributed by atoms with Crippen molar-refractivity contribution in [3.05, 3.63) is 27.1 Å². The van der Waals surface area contributed by atoms with Gasteiger partial charge in [-0.15, -0.1) is 0 Å². The quantitative estimate of drug-likeness (QED) is 0.855. The highest BCUT2D eigenvalue weighted by Gasteiger charge is 2.19. The second kappa shape index (κ2) is 6.32. The van der Waals surface area contributed by atoms with E-state index in [1.165, 1.54) is 12.8 Å². The van der Waals surface area contributed by atoms with Crippen LogP contribution < -0.4 is 5.32 Å². The molecule has 0 amide bonds. The Hall–Kier alpha value is -0.790. The van der Waals surface area contributed by atoms with E-state index >= 15 is 0 Å². The Bertz CT molecular complexity index is 596. The zero-order valence-corrected chi connectivity index (χ0v) is 13.9. The molecule has 106 valence electrons. The molecule has 0 spiro atoms. The Morgan fingerprint density at radius 1 is 1.40 bits per heavy atom. The van der Waals surface area contributed by atoms with Crippen molar-refractivity contribution in [3.63, 3.8) is 0 Å². The number of piperidine rings is 1. The molecule has 2 aromatic rings. The van der Waals surface area contributed by atoms with E-state index < -0.39 is 0 Å². The van der Waals surface area contributed by atoms with Crippen molar-refractivity contribution < 1.29 is 4.52 Å². The number of nitrogens with zero attached hydrogens (tertiary/aromatic N) is 3. The van der Waals surface area contributed by atoms with Crippen LogP contribution >= 0.6 is 31.9 Å². The molecule has 1 fully saturated rings. The second-order valence-corrected chi connectivity index (χ2v) is 6.68. The monoisotopic (exact) mass is 400 g/mol. The first-order valence-electron chi connectivity index (χ1n) is 6.57. The number of pyridine rings is 1. The molecule has 0 saturated carbocycles. The van der Waals surface area contributed by atoms with E-state index in [1.54, 1.807) is 6.20 Å². The van der Waals surface area contributed by atoms with Gasteiger partial charge in [0.2, 0.25) is 11.7 Å². The van der Waals surface area contributed by atoms with Crippen molar-refractivity contribution in [2.75, 3.05) is 13.1 Å². The smallest absolute Gasteiger partial charge is 0.227 e. The van der Waals surface area contributed by atoms with E-state index in [0.717, 1.165) is 28.5 Å². The van der Waals surface area contributed by atoms with Crippen molar-refractivity contribution in [1.29, 1.82) is 0 Å². The summed E-state index contributed by atoms with van der Waals surface area (Å²) in [4.78, 5) is 8.77. The molecule has 1 N–H and O–H groups in total. The average molecular weight is 402 g/mol. The lowest BCUT2D eigenvalue weighted by Crippen LogP contribution is -2.30. The summed E-state index contributed by atoms with van der Waals surface area (Å²) in [7, 11) is 0. The molecule has 1 atom stereocenters. The molecule has 1 aliphatic rings. The van der Waals surface area contributed by atoms with Crippen molar-refractivity contribution in [1.82, 2.24) is 20.4 Å². The third-order valence-electron chi connectivity index (χ3n) is 3.35. The van der Waals surface area contributed by atoms with E-state index in [0.29, 0.717) is 23.3 Å². The number of rotatable bonds is 3. The standard InChI is InChI=1S/C13H14Br2N4O/c14-9-5-10(15)12(17-7-9)13-18-11(20-19-13)4-8-2-1-3-16-6-8/h5,7-8,16H,1-4,6H2. The minimum absolute atomic E-state index is 0.531. The fourth-order valence-electron chi connectivity index (χ4n) is 2.36. The van der Waals surface area contributed by atoms with Gasteiger partial charge in [-0.05, 0) is 69.8 Å². The van der Waals surface area contributed by atoms with Gasteiger partial charge < -0.3 is 9.84 Å². The van der Waals surface area contributed by atoms with Crippen LogP contribution in [0.3, 0.4) is 0 Å². The summed E-state index contributed by atoms with van der Waals surface area (Å²) in [5, 5.41) is 7.42. The molecular formula is C13H14Br2N4O. The van der Waals surface area contributed by atoms with Gasteiger partial charge >= 0.3 is 0 Å². The first kappa shape index (κ1) is 14.2. The average Bonchev–Trinajstić information content (AvgIpc) is 2.88. The van der Waals surface area contributed by atoms with Crippen molar-refractivity contribution in [2.24, 2.45) is 5.92 Å². The summed E-state index contributed by atoms with van der Waals surface area (Å²) >= 11 is 6.84. The van der Waals surface area contributed by atoms with Crippen LogP contribution in [-0.4, -0.2) is 28.2 Å². The summed E-state index contributed by atoms with van der Waals surface area (Å²) in [6.45, 7) is 2.14. The Labute approximate surface area is 133 Å². The maximum atomic E-state index is 5.35. The summed E-state index contributed by atoms with van der Waals surface area (Å²) in [5.41, 5.74) is 0.699. The second-order valence-electron chi connectivity index (χ2n) is 4.91. The van der Waals surface area contributed by atoms with E-state index in [2.05, 4.69) is 52.3 Å². The van der Waals surface area contributed by atoms with E-state index in [-0.39, 0.29) is 0 Å². The maximum absolute atomic E-state index is 5.35. The third kappa shape index (κ3) is 3.27. The molecule has 0 aliphatic carbocycles. The fourth-order valence-corrected chi connectivity index (χ4v) is 3.52. The number of halogens is 2. The highest BCUT2D eigenvalue weighted by atomic mass is 79.9. The van der Waals surface area contributed by atoms with Crippen LogP contribution in [0, 0.1) is 5.92 Å². The first-order chi connectivity index (χ1) is 9.72. The fraction of sp³-hybridized carbons (Fsp3) is 0.462. The molecule has 1 saturated heterocycles. The predicted molar refractivity (Wildman–Crippen MR) is 82.2 cm³/mol. The Morgan fingerprint density at radius 3 is 3.05 bits per heavy atom. The van der Waals surface area contributed by atoms with Gasteiger partial charge in [0.25, 0.3) is 0 Å². The van der Waals surface area contributed by atoms with E-state index in [4.69, 9.17) is 4.52 Å². The van der Waals surface area contributed by atoms with Crippen LogP contribution in [-0.2, 0) is 6.42 Å². The molecule has 3 rings (SSSR count). The maximum Gasteiger partial charge on any atom is 0.227 e. The lowest BCUT2D eigenvalue weighted by Gasteiger charge is -2.20. The van der Waals surface area contributed by atoms with Crippen LogP contribution in [0.2, 0.25) is 0 Å². The first-order valence-corrected chi connectivity index (χ1v) is 8.15. The predicted octanol–water partition coefficient (Wildman–Crippen LogP) is 3.20. The largest absolute Gasteiger partial charge is 0.339 e. The minimum atomic E-state index is 0.531. The van der Waals surface area contributed by atoms with Gasteiger partial charge in [-0.25, -0.2) is 0 Å². The van der Waals surface area contributed by atoms with E-state index in [9.17, 15) is 0 Å². The zero-order chi connectivity index (χ0) is 13.9. The van der Waals surface area contributed by atoms with E-state index in [1.807, 2.05) is 6.07 Å². The molecule has 1 unspecified atom stereocenters. The number of nitrogens with one attached hydrogen (secondary N) is 1. The molecule has 3 heterocycles. The molecule has 0 radical (unpaired) electrons.